The third kappa shape index (κ3) is 2.80. The summed E-state index contributed by atoms with van der Waals surface area (Å²) in [6, 6.07) is 0. The van der Waals surface area contributed by atoms with E-state index in [2.05, 4.69) is 28.2 Å². The lowest BCUT2D eigenvalue weighted by Crippen LogP contribution is -2.45. The summed E-state index contributed by atoms with van der Waals surface area (Å²) in [6.45, 7) is 8.37. The molecule has 3 heteroatoms. The summed E-state index contributed by atoms with van der Waals surface area (Å²) in [7, 11) is 2.21. The molecule has 2 heterocycles. The molecule has 1 N–H and O–H groups in total. The number of piperazine rings is 1. The van der Waals surface area contributed by atoms with E-state index in [4.69, 9.17) is 0 Å². The van der Waals surface area contributed by atoms with E-state index in [1.165, 1.54) is 45.7 Å². The molecule has 3 nitrogen and oxygen atoms in total. The van der Waals surface area contributed by atoms with Crippen LogP contribution in [0.25, 0.3) is 0 Å². The summed E-state index contributed by atoms with van der Waals surface area (Å²) in [5.74, 6) is 0. The second-order valence-corrected chi connectivity index (χ2v) is 4.40. The fourth-order valence-corrected chi connectivity index (χ4v) is 2.11. The second kappa shape index (κ2) is 4.91. The molecule has 0 aromatic rings. The molecular weight excluding hydrogens is 174 g/mol. The van der Waals surface area contributed by atoms with Crippen molar-refractivity contribution in [2.24, 2.45) is 0 Å². The first-order valence-electron chi connectivity index (χ1n) is 5.64. The highest BCUT2D eigenvalue weighted by molar-refractivity contribution is 5.09. The lowest BCUT2D eigenvalue weighted by Gasteiger charge is -2.33. The third-order valence-corrected chi connectivity index (χ3v) is 3.18. The zero-order valence-electron chi connectivity index (χ0n) is 9.13. The van der Waals surface area contributed by atoms with Crippen molar-refractivity contribution in [2.45, 2.75) is 6.42 Å². The number of hydrogen-bond donors (Lipinski definition) is 1. The fourth-order valence-electron chi connectivity index (χ4n) is 2.11. The summed E-state index contributed by atoms with van der Waals surface area (Å²) in [5.41, 5.74) is 1.63. The Morgan fingerprint density at radius 3 is 2.71 bits per heavy atom. The van der Waals surface area contributed by atoms with Gasteiger partial charge >= 0.3 is 0 Å². The molecule has 0 aromatic carbocycles. The molecule has 0 aromatic heterocycles. The largest absolute Gasteiger partial charge is 0.313 e. The van der Waals surface area contributed by atoms with Crippen LogP contribution in [-0.2, 0) is 0 Å². The highest BCUT2D eigenvalue weighted by Gasteiger charge is 2.15. The Hall–Kier alpha value is -0.380. The summed E-state index contributed by atoms with van der Waals surface area (Å²) in [4.78, 5) is 4.99. The molecule has 80 valence electrons. The van der Waals surface area contributed by atoms with Crippen molar-refractivity contribution in [3.63, 3.8) is 0 Å². The van der Waals surface area contributed by atoms with Gasteiger partial charge in [0.1, 0.15) is 0 Å². The van der Waals surface area contributed by atoms with Crippen molar-refractivity contribution in [3.05, 3.63) is 11.6 Å². The zero-order chi connectivity index (χ0) is 9.80. The smallest absolute Gasteiger partial charge is 0.0194 e. The summed E-state index contributed by atoms with van der Waals surface area (Å²) < 4.78 is 0. The van der Waals surface area contributed by atoms with E-state index < -0.39 is 0 Å². The maximum Gasteiger partial charge on any atom is 0.0194 e. The van der Waals surface area contributed by atoms with Crippen molar-refractivity contribution in [3.8, 4) is 0 Å². The first-order chi connectivity index (χ1) is 6.84. The average molecular weight is 195 g/mol. The first-order valence-corrected chi connectivity index (χ1v) is 5.64. The first kappa shape index (κ1) is 10.1. The number of hydrogen-bond acceptors (Lipinski definition) is 3. The van der Waals surface area contributed by atoms with Gasteiger partial charge in [-0.1, -0.05) is 11.6 Å². The summed E-state index contributed by atoms with van der Waals surface area (Å²) in [6.07, 6.45) is 3.61. The lowest BCUT2D eigenvalue weighted by atomic mass is 10.1. The van der Waals surface area contributed by atoms with Gasteiger partial charge in [-0.15, -0.1) is 0 Å². The molecule has 1 fully saturated rings. The molecule has 0 spiro atoms. The van der Waals surface area contributed by atoms with Crippen molar-refractivity contribution >= 4 is 0 Å². The molecule has 1 saturated heterocycles. The quantitative estimate of drug-likeness (QED) is 0.633. The van der Waals surface area contributed by atoms with Gasteiger partial charge in [-0.05, 0) is 20.0 Å². The highest BCUT2D eigenvalue weighted by atomic mass is 15.2. The third-order valence-electron chi connectivity index (χ3n) is 3.18. The van der Waals surface area contributed by atoms with Gasteiger partial charge in [0.2, 0.25) is 0 Å². The molecule has 0 saturated carbocycles. The predicted octanol–water partition coefficient (Wildman–Crippen LogP) is 0.154. The van der Waals surface area contributed by atoms with Crippen LogP contribution >= 0.6 is 0 Å². The van der Waals surface area contributed by atoms with Crippen LogP contribution in [0.15, 0.2) is 11.6 Å². The van der Waals surface area contributed by atoms with E-state index in [-0.39, 0.29) is 0 Å². The zero-order valence-corrected chi connectivity index (χ0v) is 9.13. The minimum Gasteiger partial charge on any atom is -0.313 e. The topological polar surface area (TPSA) is 18.5 Å². The number of likely N-dealkylation sites (N-methyl/N-ethyl adjacent to an activating group) is 1. The van der Waals surface area contributed by atoms with Crippen LogP contribution in [-0.4, -0.2) is 62.7 Å². The Morgan fingerprint density at radius 2 is 2.07 bits per heavy atom. The molecule has 2 aliphatic heterocycles. The molecule has 0 atom stereocenters. The lowest BCUT2D eigenvalue weighted by molar-refractivity contribution is 0.162. The van der Waals surface area contributed by atoms with E-state index in [1.807, 2.05) is 0 Å². The molecule has 0 amide bonds. The van der Waals surface area contributed by atoms with Crippen LogP contribution in [0.3, 0.4) is 0 Å². The van der Waals surface area contributed by atoms with Gasteiger partial charge in [0.25, 0.3) is 0 Å². The standard InChI is InChI=1S/C11H21N3/c1-13-6-8-14(9-7-13)10-11-2-4-12-5-3-11/h2,12H,3-10H2,1H3. The van der Waals surface area contributed by atoms with E-state index in [1.54, 1.807) is 5.57 Å². The number of nitrogens with zero attached hydrogens (tertiary/aromatic N) is 2. The average Bonchev–Trinajstić information content (AvgIpc) is 2.23. The van der Waals surface area contributed by atoms with Gasteiger partial charge in [-0.2, -0.15) is 0 Å². The fraction of sp³-hybridized carbons (Fsp3) is 0.818. The summed E-state index contributed by atoms with van der Waals surface area (Å²) >= 11 is 0. The minimum atomic E-state index is 1.07. The summed E-state index contributed by atoms with van der Waals surface area (Å²) in [5, 5.41) is 3.36. The minimum absolute atomic E-state index is 1.07. The molecule has 0 bridgehead atoms. The van der Waals surface area contributed by atoms with Crippen LogP contribution in [0.1, 0.15) is 6.42 Å². The predicted molar refractivity (Wildman–Crippen MR) is 59.5 cm³/mol. The normalized spacial score (nSPS) is 26.2. The molecular formula is C11H21N3. The maximum atomic E-state index is 3.36. The Kier molecular flexibility index (Phi) is 3.56. The maximum absolute atomic E-state index is 3.36. The molecule has 2 rings (SSSR count). The molecule has 0 unspecified atom stereocenters. The van der Waals surface area contributed by atoms with Gasteiger partial charge in [0.15, 0.2) is 0 Å². The van der Waals surface area contributed by atoms with Crippen LogP contribution < -0.4 is 5.32 Å². The Morgan fingerprint density at radius 1 is 1.29 bits per heavy atom. The van der Waals surface area contributed by atoms with Gasteiger partial charge in [-0.3, -0.25) is 4.90 Å². The monoisotopic (exact) mass is 195 g/mol. The van der Waals surface area contributed by atoms with Crippen molar-refractivity contribution in [1.82, 2.24) is 15.1 Å². The highest BCUT2D eigenvalue weighted by Crippen LogP contribution is 2.08. The second-order valence-electron chi connectivity index (χ2n) is 4.40. The molecule has 0 radical (unpaired) electrons. The van der Waals surface area contributed by atoms with Gasteiger partial charge in [-0.25, -0.2) is 0 Å². The number of rotatable bonds is 2. The van der Waals surface area contributed by atoms with E-state index in [0.29, 0.717) is 0 Å². The van der Waals surface area contributed by atoms with E-state index >= 15 is 0 Å². The van der Waals surface area contributed by atoms with Crippen molar-refractivity contribution in [2.75, 3.05) is 52.9 Å². The van der Waals surface area contributed by atoms with Crippen LogP contribution in [0, 0.1) is 0 Å². The van der Waals surface area contributed by atoms with Crippen molar-refractivity contribution in [1.29, 1.82) is 0 Å². The van der Waals surface area contributed by atoms with Crippen LogP contribution in [0.2, 0.25) is 0 Å². The van der Waals surface area contributed by atoms with Crippen LogP contribution in [0.5, 0.6) is 0 Å². The van der Waals surface area contributed by atoms with Gasteiger partial charge in [0, 0.05) is 39.3 Å². The Bertz CT molecular complexity index is 205. The number of nitrogens with one attached hydrogen (secondary N) is 1. The Balaban J connectivity index is 1.77. The van der Waals surface area contributed by atoms with Gasteiger partial charge in [0.05, 0.1) is 0 Å². The Labute approximate surface area is 86.8 Å². The molecule has 0 aliphatic carbocycles. The molecule has 14 heavy (non-hydrogen) atoms. The van der Waals surface area contributed by atoms with Crippen molar-refractivity contribution < 1.29 is 0 Å². The molecule has 2 aliphatic rings. The SMILES string of the molecule is CN1CCN(CC2=CCNCC2)CC1. The van der Waals surface area contributed by atoms with Crippen LogP contribution in [0.4, 0.5) is 0 Å². The van der Waals surface area contributed by atoms with Gasteiger partial charge < -0.3 is 10.2 Å². The van der Waals surface area contributed by atoms with E-state index in [9.17, 15) is 0 Å². The van der Waals surface area contributed by atoms with E-state index in [0.717, 1.165) is 6.54 Å².